The molecule has 0 aromatic rings. The third kappa shape index (κ3) is 2.73. The molecule has 2 aliphatic rings. The molecule has 0 aromatic carbocycles. The maximum atomic E-state index is 10.2. The van der Waals surface area contributed by atoms with Gasteiger partial charge in [-0.15, -0.1) is 0 Å². The molecule has 1 unspecified atom stereocenters. The lowest BCUT2D eigenvalue weighted by atomic mass is 9.82. The zero-order chi connectivity index (χ0) is 11.5. The number of aliphatic hydroxyl groups excluding tert-OH is 1. The summed E-state index contributed by atoms with van der Waals surface area (Å²) >= 11 is 0. The van der Waals surface area contributed by atoms with E-state index in [4.69, 9.17) is 0 Å². The Morgan fingerprint density at radius 3 is 2.56 bits per heavy atom. The molecule has 0 saturated heterocycles. The van der Waals surface area contributed by atoms with Crippen LogP contribution in [0, 0.1) is 5.92 Å². The van der Waals surface area contributed by atoms with E-state index in [0.717, 1.165) is 12.1 Å². The van der Waals surface area contributed by atoms with Gasteiger partial charge in [0, 0.05) is 5.71 Å². The molecule has 1 N–H and O–H groups in total. The molecular weight excluding hydrogens is 198 g/mol. The van der Waals surface area contributed by atoms with Crippen molar-refractivity contribution in [2.75, 3.05) is 0 Å². The van der Waals surface area contributed by atoms with Crippen molar-refractivity contribution < 1.29 is 5.11 Å². The van der Waals surface area contributed by atoms with Crippen LogP contribution in [0.3, 0.4) is 0 Å². The summed E-state index contributed by atoms with van der Waals surface area (Å²) in [6, 6.07) is 0.247. The molecule has 1 aliphatic carbocycles. The Labute approximate surface area is 98.5 Å². The second-order valence-corrected chi connectivity index (χ2v) is 5.38. The van der Waals surface area contributed by atoms with E-state index >= 15 is 0 Å². The minimum atomic E-state index is -0.150. The molecule has 0 radical (unpaired) electrons. The monoisotopic (exact) mass is 221 g/mol. The molecule has 16 heavy (non-hydrogen) atoms. The Balaban J connectivity index is 1.87. The van der Waals surface area contributed by atoms with E-state index in [-0.39, 0.29) is 12.1 Å². The van der Waals surface area contributed by atoms with E-state index in [1.165, 1.54) is 37.7 Å². The normalized spacial score (nSPS) is 28.8. The lowest BCUT2D eigenvalue weighted by Crippen LogP contribution is -2.26. The molecule has 2 heteroatoms. The molecule has 2 rings (SSSR count). The number of rotatable bonds is 3. The van der Waals surface area contributed by atoms with Gasteiger partial charge in [-0.25, -0.2) is 0 Å². The van der Waals surface area contributed by atoms with Gasteiger partial charge in [0.05, 0.1) is 12.1 Å². The maximum absolute atomic E-state index is 10.2. The topological polar surface area (TPSA) is 32.6 Å². The predicted molar refractivity (Wildman–Crippen MR) is 67.9 cm³/mol. The molecule has 1 saturated carbocycles. The van der Waals surface area contributed by atoms with E-state index in [1.54, 1.807) is 0 Å². The van der Waals surface area contributed by atoms with Gasteiger partial charge in [0.15, 0.2) is 0 Å². The fourth-order valence-corrected chi connectivity index (χ4v) is 2.99. The third-order valence-corrected chi connectivity index (χ3v) is 3.98. The predicted octanol–water partition coefficient (Wildman–Crippen LogP) is 3.11. The number of allylic oxidation sites excluding steroid dienone is 1. The molecule has 0 aromatic heterocycles. The Morgan fingerprint density at radius 1 is 1.31 bits per heavy atom. The fraction of sp³-hybridized carbons (Fsp3) is 0.786. The Hall–Kier alpha value is -0.630. The second kappa shape index (κ2) is 5.13. The summed E-state index contributed by atoms with van der Waals surface area (Å²) in [7, 11) is 0. The maximum Gasteiger partial charge on any atom is 0.0737 e. The van der Waals surface area contributed by atoms with Crippen molar-refractivity contribution in [2.45, 2.75) is 64.5 Å². The van der Waals surface area contributed by atoms with Crippen LogP contribution in [0.15, 0.2) is 16.6 Å². The van der Waals surface area contributed by atoms with Gasteiger partial charge in [0.1, 0.15) is 0 Å². The van der Waals surface area contributed by atoms with Crippen molar-refractivity contribution in [3.05, 3.63) is 11.6 Å². The Kier molecular flexibility index (Phi) is 3.80. The van der Waals surface area contributed by atoms with Gasteiger partial charge < -0.3 is 5.11 Å². The van der Waals surface area contributed by atoms with E-state index in [0.29, 0.717) is 5.92 Å². The van der Waals surface area contributed by atoms with Gasteiger partial charge in [0.2, 0.25) is 0 Å². The Bertz CT molecular complexity index is 300. The summed E-state index contributed by atoms with van der Waals surface area (Å²) in [6.45, 7) is 4.16. The van der Waals surface area contributed by atoms with Crippen molar-refractivity contribution in [1.29, 1.82) is 0 Å². The molecule has 1 fully saturated rings. The van der Waals surface area contributed by atoms with Gasteiger partial charge >= 0.3 is 0 Å². The van der Waals surface area contributed by atoms with Crippen molar-refractivity contribution in [1.82, 2.24) is 0 Å². The van der Waals surface area contributed by atoms with E-state index in [1.807, 2.05) is 6.92 Å². The third-order valence-electron chi connectivity index (χ3n) is 3.98. The number of nitrogens with zero attached hydrogens (tertiary/aromatic N) is 1. The summed E-state index contributed by atoms with van der Waals surface area (Å²) in [5, 5.41) is 10.2. The molecule has 2 nitrogen and oxygen atoms in total. The SMILES string of the molecule is CC1=CC(C)=NC1C[C@H](O)C1CCCCC1. The van der Waals surface area contributed by atoms with Gasteiger partial charge in [-0.3, -0.25) is 4.99 Å². The molecular formula is C14H23NO. The first kappa shape index (κ1) is 11.8. The highest BCUT2D eigenvalue weighted by Crippen LogP contribution is 2.30. The Morgan fingerprint density at radius 2 is 2.00 bits per heavy atom. The summed E-state index contributed by atoms with van der Waals surface area (Å²) in [4.78, 5) is 4.57. The number of aliphatic hydroxyl groups is 1. The zero-order valence-corrected chi connectivity index (χ0v) is 10.4. The molecule has 0 bridgehead atoms. The number of aliphatic imine (C=N–C) groups is 1. The molecule has 0 spiro atoms. The van der Waals surface area contributed by atoms with E-state index in [9.17, 15) is 5.11 Å². The van der Waals surface area contributed by atoms with Crippen LogP contribution in [0.4, 0.5) is 0 Å². The molecule has 0 amide bonds. The zero-order valence-electron chi connectivity index (χ0n) is 10.4. The van der Waals surface area contributed by atoms with Gasteiger partial charge in [0.25, 0.3) is 0 Å². The smallest absolute Gasteiger partial charge is 0.0737 e. The van der Waals surface area contributed by atoms with Gasteiger partial charge in [-0.05, 0) is 50.7 Å². The highest BCUT2D eigenvalue weighted by atomic mass is 16.3. The number of hydrogen-bond donors (Lipinski definition) is 1. The van der Waals surface area contributed by atoms with Crippen LogP contribution in [0.1, 0.15) is 52.4 Å². The van der Waals surface area contributed by atoms with E-state index in [2.05, 4.69) is 18.0 Å². The summed E-state index contributed by atoms with van der Waals surface area (Å²) < 4.78 is 0. The lowest BCUT2D eigenvalue weighted by molar-refractivity contribution is 0.0742. The van der Waals surface area contributed by atoms with Crippen molar-refractivity contribution in [3.8, 4) is 0 Å². The molecule has 1 aliphatic heterocycles. The van der Waals surface area contributed by atoms with Gasteiger partial charge in [-0.1, -0.05) is 19.3 Å². The van der Waals surface area contributed by atoms with Crippen LogP contribution in [-0.2, 0) is 0 Å². The molecule has 1 heterocycles. The molecule has 2 atom stereocenters. The van der Waals surface area contributed by atoms with Crippen LogP contribution >= 0.6 is 0 Å². The lowest BCUT2D eigenvalue weighted by Gasteiger charge is -2.28. The second-order valence-electron chi connectivity index (χ2n) is 5.38. The van der Waals surface area contributed by atoms with E-state index < -0.39 is 0 Å². The highest BCUT2D eigenvalue weighted by Gasteiger charge is 2.26. The van der Waals surface area contributed by atoms with Gasteiger partial charge in [-0.2, -0.15) is 0 Å². The fourth-order valence-electron chi connectivity index (χ4n) is 2.99. The first-order chi connectivity index (χ1) is 7.66. The van der Waals surface area contributed by atoms with Crippen LogP contribution in [-0.4, -0.2) is 23.0 Å². The average Bonchev–Trinajstić information content (AvgIpc) is 2.59. The minimum Gasteiger partial charge on any atom is -0.393 e. The highest BCUT2D eigenvalue weighted by molar-refractivity contribution is 5.95. The first-order valence-electron chi connectivity index (χ1n) is 6.57. The van der Waals surface area contributed by atoms with Crippen molar-refractivity contribution in [3.63, 3.8) is 0 Å². The van der Waals surface area contributed by atoms with Crippen LogP contribution in [0.25, 0.3) is 0 Å². The van der Waals surface area contributed by atoms with Crippen molar-refractivity contribution in [2.24, 2.45) is 10.9 Å². The first-order valence-corrected chi connectivity index (χ1v) is 6.57. The van der Waals surface area contributed by atoms with Crippen LogP contribution in [0.5, 0.6) is 0 Å². The number of hydrogen-bond acceptors (Lipinski definition) is 2. The van der Waals surface area contributed by atoms with Crippen LogP contribution in [0.2, 0.25) is 0 Å². The summed E-state index contributed by atoms with van der Waals surface area (Å²) in [5.74, 6) is 0.526. The largest absolute Gasteiger partial charge is 0.393 e. The average molecular weight is 221 g/mol. The standard InChI is InChI=1S/C14H23NO/c1-10-8-11(2)15-13(10)9-14(16)12-6-4-3-5-7-12/h8,12-14,16H,3-7,9H2,1-2H3/t13?,14-/m0/s1. The van der Waals surface area contributed by atoms with Crippen molar-refractivity contribution >= 4 is 5.71 Å². The minimum absolute atomic E-state index is 0.150. The summed E-state index contributed by atoms with van der Waals surface area (Å²) in [5.41, 5.74) is 2.42. The van der Waals surface area contributed by atoms with Crippen LogP contribution < -0.4 is 0 Å². The quantitative estimate of drug-likeness (QED) is 0.780. The molecule has 90 valence electrons. The summed E-state index contributed by atoms with van der Waals surface area (Å²) in [6.07, 6.45) is 9.17.